The van der Waals surface area contributed by atoms with Crippen molar-refractivity contribution in [1.82, 2.24) is 10.2 Å². The summed E-state index contributed by atoms with van der Waals surface area (Å²) in [7, 11) is 1.91. The topological polar surface area (TPSA) is 122 Å². The average molecular weight is 433 g/mol. The van der Waals surface area contributed by atoms with Gasteiger partial charge in [-0.25, -0.2) is 0 Å². The second-order valence-electron chi connectivity index (χ2n) is 8.18. The summed E-state index contributed by atoms with van der Waals surface area (Å²) in [6.07, 6.45) is -1.74. The van der Waals surface area contributed by atoms with E-state index >= 15 is 0 Å². The summed E-state index contributed by atoms with van der Waals surface area (Å²) in [5.41, 5.74) is -0.808. The first-order valence-corrected chi connectivity index (χ1v) is 11.4. The average Bonchev–Trinajstić information content (AvgIpc) is 3.04. The molecule has 0 saturated carbocycles. The van der Waals surface area contributed by atoms with Crippen molar-refractivity contribution in [1.29, 1.82) is 0 Å². The molecule has 0 aliphatic carbocycles. The zero-order chi connectivity index (χ0) is 21.7. The van der Waals surface area contributed by atoms with E-state index in [1.54, 1.807) is 6.08 Å². The van der Waals surface area contributed by atoms with Gasteiger partial charge in [0.05, 0.1) is 18.2 Å². The Morgan fingerprint density at radius 3 is 2.62 bits per heavy atom. The number of carbonyl (C=O) groups excluding carboxylic acids is 1. The molecule has 9 atom stereocenters. The van der Waals surface area contributed by atoms with Crippen molar-refractivity contribution in [2.24, 2.45) is 5.92 Å². The third kappa shape index (κ3) is 5.94. The molecule has 2 aliphatic rings. The van der Waals surface area contributed by atoms with Gasteiger partial charge in [-0.05, 0) is 32.7 Å². The molecule has 0 bridgehead atoms. The van der Waals surface area contributed by atoms with E-state index in [0.29, 0.717) is 11.7 Å². The van der Waals surface area contributed by atoms with Crippen LogP contribution in [0.3, 0.4) is 0 Å². The van der Waals surface area contributed by atoms with Crippen molar-refractivity contribution in [3.63, 3.8) is 0 Å². The van der Waals surface area contributed by atoms with E-state index in [1.807, 2.05) is 11.9 Å². The molecule has 0 spiro atoms. The number of nitrogens with one attached hydrogen (secondary N) is 1. The maximum absolute atomic E-state index is 12.9. The fraction of sp³-hybridized carbons (Fsp3) is 0.850. The smallest absolute Gasteiger partial charge is 0.237 e. The second-order valence-corrected chi connectivity index (χ2v) is 9.31. The number of nitrogens with zero attached hydrogens (tertiary/aromatic N) is 1. The number of aliphatic hydroxyl groups is 4. The van der Waals surface area contributed by atoms with Gasteiger partial charge in [-0.1, -0.05) is 19.4 Å². The van der Waals surface area contributed by atoms with E-state index in [-0.39, 0.29) is 11.9 Å². The minimum absolute atomic E-state index is 0.233. The van der Waals surface area contributed by atoms with Crippen molar-refractivity contribution < 1.29 is 30.0 Å². The summed E-state index contributed by atoms with van der Waals surface area (Å²) in [4.78, 5) is 14.9. The van der Waals surface area contributed by atoms with Crippen molar-refractivity contribution >= 4 is 17.7 Å². The number of amides is 1. The number of likely N-dealkylation sites (N-methyl/N-ethyl adjacent to an activating group) is 1. The van der Waals surface area contributed by atoms with Gasteiger partial charge in [0.15, 0.2) is 0 Å². The van der Waals surface area contributed by atoms with Crippen molar-refractivity contribution in [3.8, 4) is 0 Å². The number of thioether (sulfide) groups is 1. The van der Waals surface area contributed by atoms with Gasteiger partial charge in [-0.2, -0.15) is 0 Å². The van der Waals surface area contributed by atoms with Crippen LogP contribution in [0.15, 0.2) is 12.7 Å². The van der Waals surface area contributed by atoms with Gasteiger partial charge < -0.3 is 30.5 Å². The predicted molar refractivity (Wildman–Crippen MR) is 112 cm³/mol. The molecule has 0 aromatic rings. The molecule has 2 heterocycles. The Morgan fingerprint density at radius 1 is 1.34 bits per heavy atom. The van der Waals surface area contributed by atoms with Crippen LogP contribution in [0.25, 0.3) is 0 Å². The van der Waals surface area contributed by atoms with Gasteiger partial charge in [0.2, 0.25) is 5.91 Å². The standard InChI is InChI=1S/C20H36N2O6S/c1-5-7-12-9-13(22(4)10-12)19(27)21-14(11(3)23)18-16(25)15(24)17(26)20(28-18)29-8-6-2/h6,11-18,20,23-26H,2,5,7-10H2,1,3-4H3,(H,21,27)/t11-,12-,13+,14-,15+,16-,17-,18-,20-/m1/s1. The normalized spacial score (nSPS) is 37.8. The van der Waals surface area contributed by atoms with Crippen LogP contribution in [0.2, 0.25) is 0 Å². The molecular weight excluding hydrogens is 396 g/mol. The van der Waals surface area contributed by atoms with Crippen LogP contribution in [0.1, 0.15) is 33.1 Å². The second kappa shape index (κ2) is 11.1. The first kappa shape index (κ1) is 24.6. The van der Waals surface area contributed by atoms with Crippen LogP contribution in [-0.2, 0) is 9.53 Å². The Kier molecular flexibility index (Phi) is 9.40. The van der Waals surface area contributed by atoms with Gasteiger partial charge in [0, 0.05) is 12.3 Å². The highest BCUT2D eigenvalue weighted by atomic mass is 32.2. The summed E-state index contributed by atoms with van der Waals surface area (Å²) < 4.78 is 5.82. The van der Waals surface area contributed by atoms with E-state index in [9.17, 15) is 25.2 Å². The Hall–Kier alpha value is -0.680. The van der Waals surface area contributed by atoms with Gasteiger partial charge in [-0.3, -0.25) is 9.69 Å². The maximum Gasteiger partial charge on any atom is 0.237 e. The van der Waals surface area contributed by atoms with Crippen LogP contribution in [0.5, 0.6) is 0 Å². The first-order valence-electron chi connectivity index (χ1n) is 10.3. The largest absolute Gasteiger partial charge is 0.391 e. The molecule has 0 radical (unpaired) electrons. The molecule has 9 heteroatoms. The van der Waals surface area contributed by atoms with Gasteiger partial charge in [-0.15, -0.1) is 18.3 Å². The first-order chi connectivity index (χ1) is 13.7. The lowest BCUT2D eigenvalue weighted by atomic mass is 9.92. The number of likely N-dealkylation sites (tertiary alicyclic amines) is 1. The van der Waals surface area contributed by atoms with Crippen LogP contribution in [-0.4, -0.2) is 98.6 Å². The molecule has 1 amide bonds. The molecular formula is C20H36N2O6S. The summed E-state index contributed by atoms with van der Waals surface area (Å²) in [5.74, 6) is 0.705. The SMILES string of the molecule is C=CCS[C@H]1O[C@H]([C@H](NC(=O)[C@@H]2C[C@@H](CCC)CN2C)[C@@H](C)O)[C@H](O)[C@H](O)[C@H]1O. The predicted octanol–water partition coefficient (Wildman–Crippen LogP) is -0.301. The summed E-state index contributed by atoms with van der Waals surface area (Å²) in [5, 5.41) is 44.1. The highest BCUT2D eigenvalue weighted by Crippen LogP contribution is 2.31. The molecule has 8 nitrogen and oxygen atoms in total. The van der Waals surface area contributed by atoms with E-state index in [1.165, 1.54) is 18.7 Å². The Balaban J connectivity index is 2.11. The zero-order valence-corrected chi connectivity index (χ0v) is 18.3. The van der Waals surface area contributed by atoms with Crippen LogP contribution in [0, 0.1) is 5.92 Å². The van der Waals surface area contributed by atoms with Crippen LogP contribution in [0.4, 0.5) is 0 Å². The van der Waals surface area contributed by atoms with Crippen molar-refractivity contribution in [3.05, 3.63) is 12.7 Å². The molecule has 2 aliphatic heterocycles. The minimum Gasteiger partial charge on any atom is -0.391 e. The van der Waals surface area contributed by atoms with Gasteiger partial charge in [0.25, 0.3) is 0 Å². The fourth-order valence-corrected chi connectivity index (χ4v) is 5.13. The lowest BCUT2D eigenvalue weighted by Gasteiger charge is -2.44. The Labute approximate surface area is 177 Å². The van der Waals surface area contributed by atoms with E-state index in [2.05, 4.69) is 18.8 Å². The molecule has 2 fully saturated rings. The molecule has 0 aromatic carbocycles. The minimum atomic E-state index is -1.45. The Morgan fingerprint density at radius 2 is 2.03 bits per heavy atom. The van der Waals surface area contributed by atoms with Gasteiger partial charge >= 0.3 is 0 Å². The molecule has 168 valence electrons. The summed E-state index contributed by atoms with van der Waals surface area (Å²) in [6, 6.07) is -1.24. The fourth-order valence-electron chi connectivity index (χ4n) is 4.24. The number of aliphatic hydroxyl groups excluding tert-OH is 4. The van der Waals surface area contributed by atoms with E-state index in [0.717, 1.165) is 25.8 Å². The van der Waals surface area contributed by atoms with Crippen molar-refractivity contribution in [2.75, 3.05) is 19.3 Å². The quantitative estimate of drug-likeness (QED) is 0.315. The number of hydrogen-bond donors (Lipinski definition) is 5. The maximum atomic E-state index is 12.9. The third-order valence-corrected chi connectivity index (χ3v) is 6.95. The van der Waals surface area contributed by atoms with E-state index in [4.69, 9.17) is 4.74 Å². The van der Waals surface area contributed by atoms with Crippen LogP contribution < -0.4 is 5.32 Å². The highest BCUT2D eigenvalue weighted by molar-refractivity contribution is 7.99. The van der Waals surface area contributed by atoms with Crippen molar-refractivity contribution in [2.45, 2.75) is 81.1 Å². The van der Waals surface area contributed by atoms with Crippen LogP contribution >= 0.6 is 11.8 Å². The lowest BCUT2D eigenvalue weighted by Crippen LogP contribution is -2.65. The molecule has 5 N–H and O–H groups in total. The summed E-state index contributed by atoms with van der Waals surface area (Å²) in [6.45, 7) is 8.10. The molecule has 29 heavy (non-hydrogen) atoms. The molecule has 0 unspecified atom stereocenters. The van der Waals surface area contributed by atoms with Gasteiger partial charge in [0.1, 0.15) is 29.9 Å². The lowest BCUT2D eigenvalue weighted by molar-refractivity contribution is -0.211. The summed E-state index contributed by atoms with van der Waals surface area (Å²) >= 11 is 1.23. The number of hydrogen-bond acceptors (Lipinski definition) is 8. The monoisotopic (exact) mass is 432 g/mol. The molecule has 2 saturated heterocycles. The molecule has 0 aromatic heterocycles. The number of carbonyl (C=O) groups is 1. The highest BCUT2D eigenvalue weighted by Gasteiger charge is 2.48. The zero-order valence-electron chi connectivity index (χ0n) is 17.5. The Bertz CT molecular complexity index is 551. The van der Waals surface area contributed by atoms with E-state index < -0.39 is 42.0 Å². The number of ether oxygens (including phenoxy) is 1. The molecule has 2 rings (SSSR count). The third-order valence-electron chi connectivity index (χ3n) is 5.80. The number of rotatable bonds is 9.